The van der Waals surface area contributed by atoms with Gasteiger partial charge in [0.2, 0.25) is 17.4 Å². The molecule has 2 aliphatic rings. The van der Waals surface area contributed by atoms with E-state index in [2.05, 4.69) is 0 Å². The van der Waals surface area contributed by atoms with Gasteiger partial charge in [-0.3, -0.25) is 9.59 Å². The van der Waals surface area contributed by atoms with Crippen LogP contribution in [-0.4, -0.2) is 30.6 Å². The van der Waals surface area contributed by atoms with Crippen molar-refractivity contribution in [3.8, 4) is 0 Å². The molecule has 0 amide bonds. The molecule has 0 bridgehead atoms. The Morgan fingerprint density at radius 2 is 1.21 bits per heavy atom. The van der Waals surface area contributed by atoms with E-state index in [0.717, 1.165) is 25.7 Å². The van der Waals surface area contributed by atoms with Crippen LogP contribution >= 0.6 is 0 Å². The van der Waals surface area contributed by atoms with Gasteiger partial charge in [-0.15, -0.1) is 0 Å². The van der Waals surface area contributed by atoms with Crippen molar-refractivity contribution >= 4 is 11.6 Å². The highest BCUT2D eigenvalue weighted by molar-refractivity contribution is 6.44. The summed E-state index contributed by atoms with van der Waals surface area (Å²) in [6.07, 6.45) is 11.9. The Kier molecular flexibility index (Phi) is 8.80. The van der Waals surface area contributed by atoms with E-state index in [0.29, 0.717) is 18.4 Å². The van der Waals surface area contributed by atoms with Gasteiger partial charge in [0.15, 0.2) is 0 Å². The Hall–Kier alpha value is -1.60. The van der Waals surface area contributed by atoms with E-state index in [1.54, 1.807) is 30.3 Å². The van der Waals surface area contributed by atoms with Crippen LogP contribution in [0, 0.1) is 5.92 Å². The van der Waals surface area contributed by atoms with Crippen molar-refractivity contribution < 1.29 is 29.1 Å². The van der Waals surface area contributed by atoms with Crippen LogP contribution in [0.4, 0.5) is 0 Å². The molecular formula is C23H32O6. The molecule has 2 fully saturated rings. The second-order valence-corrected chi connectivity index (χ2v) is 8.08. The molecule has 29 heavy (non-hydrogen) atoms. The molecule has 1 saturated heterocycles. The Morgan fingerprint density at radius 1 is 0.724 bits per heavy atom. The third kappa shape index (κ3) is 6.71. The van der Waals surface area contributed by atoms with Crippen LogP contribution in [-0.2, 0) is 24.3 Å². The van der Waals surface area contributed by atoms with Crippen molar-refractivity contribution in [3.05, 3.63) is 35.9 Å². The van der Waals surface area contributed by atoms with E-state index in [1.807, 2.05) is 0 Å². The van der Waals surface area contributed by atoms with E-state index in [9.17, 15) is 9.59 Å². The number of rotatable bonds is 3. The van der Waals surface area contributed by atoms with Gasteiger partial charge in [0.25, 0.3) is 0 Å². The molecule has 6 nitrogen and oxygen atoms in total. The summed E-state index contributed by atoms with van der Waals surface area (Å²) >= 11 is 0. The fourth-order valence-electron chi connectivity index (χ4n) is 3.90. The number of hydrogen-bond donors (Lipinski definition) is 0. The zero-order chi connectivity index (χ0) is 20.4. The standard InChI is InChI=1S/C23H32O6/c24-21(19-13-9-8-10-14-19)22(25)20-17-26-28-23(29-27-18-20)15-11-6-4-2-1-3-5-7-12-16-23/h8-10,13-14,20H,1-7,11-12,15-18H2. The van der Waals surface area contributed by atoms with E-state index in [4.69, 9.17) is 19.6 Å². The molecule has 0 atom stereocenters. The summed E-state index contributed by atoms with van der Waals surface area (Å²) < 4.78 is 0. The van der Waals surface area contributed by atoms with Gasteiger partial charge in [0.05, 0.1) is 19.1 Å². The minimum Gasteiger partial charge on any atom is -0.290 e. The second-order valence-electron chi connectivity index (χ2n) is 8.08. The average molecular weight is 405 g/mol. The third-order valence-corrected chi connectivity index (χ3v) is 5.71. The van der Waals surface area contributed by atoms with Crippen LogP contribution in [0.3, 0.4) is 0 Å². The molecule has 1 spiro atoms. The van der Waals surface area contributed by atoms with Crippen LogP contribution in [0.1, 0.15) is 81.0 Å². The summed E-state index contributed by atoms with van der Waals surface area (Å²) in [5.41, 5.74) is 0.359. The van der Waals surface area contributed by atoms with Gasteiger partial charge in [-0.1, -0.05) is 75.3 Å². The number of benzene rings is 1. The Balaban J connectivity index is 1.56. The van der Waals surface area contributed by atoms with Gasteiger partial charge >= 0.3 is 0 Å². The maximum atomic E-state index is 12.6. The normalized spacial score (nSPS) is 22.6. The summed E-state index contributed by atoms with van der Waals surface area (Å²) in [5, 5.41) is 0. The molecule has 1 aliphatic heterocycles. The van der Waals surface area contributed by atoms with E-state index in [1.165, 1.54) is 32.1 Å². The van der Waals surface area contributed by atoms with Gasteiger partial charge in [-0.2, -0.15) is 9.78 Å². The number of carbonyl (C=O) groups excluding carboxylic acids is 2. The highest BCUT2D eigenvalue weighted by atomic mass is 17.3. The lowest BCUT2D eigenvalue weighted by atomic mass is 9.97. The van der Waals surface area contributed by atoms with Crippen LogP contribution in [0.2, 0.25) is 0 Å². The molecule has 1 aromatic carbocycles. The molecule has 0 N–H and O–H groups in total. The van der Waals surface area contributed by atoms with Crippen molar-refractivity contribution in [3.63, 3.8) is 0 Å². The third-order valence-electron chi connectivity index (χ3n) is 5.71. The van der Waals surface area contributed by atoms with Gasteiger partial charge in [0, 0.05) is 18.4 Å². The summed E-state index contributed by atoms with van der Waals surface area (Å²) in [5.74, 6) is -2.80. The summed E-state index contributed by atoms with van der Waals surface area (Å²) in [4.78, 5) is 47.2. The monoisotopic (exact) mass is 404 g/mol. The topological polar surface area (TPSA) is 71.1 Å². The lowest BCUT2D eigenvalue weighted by Gasteiger charge is -2.34. The van der Waals surface area contributed by atoms with Crippen LogP contribution in [0.25, 0.3) is 0 Å². The molecule has 0 aromatic heterocycles. The van der Waals surface area contributed by atoms with Gasteiger partial charge in [-0.05, 0) is 12.8 Å². The molecule has 1 aliphatic carbocycles. The zero-order valence-electron chi connectivity index (χ0n) is 17.1. The predicted molar refractivity (Wildman–Crippen MR) is 107 cm³/mol. The van der Waals surface area contributed by atoms with Crippen LogP contribution < -0.4 is 0 Å². The molecule has 1 aromatic rings. The first-order valence-electron chi connectivity index (χ1n) is 11.0. The van der Waals surface area contributed by atoms with E-state index in [-0.39, 0.29) is 13.2 Å². The Labute approximate surface area is 172 Å². The number of hydrogen-bond acceptors (Lipinski definition) is 6. The lowest BCUT2D eigenvalue weighted by molar-refractivity contribution is -0.529. The van der Waals surface area contributed by atoms with Crippen molar-refractivity contribution in [2.24, 2.45) is 5.92 Å². The predicted octanol–water partition coefficient (Wildman–Crippen LogP) is 4.97. The molecule has 160 valence electrons. The SMILES string of the molecule is O=C(C(=O)C1COOC2(CCCCCCCCCCC2)OOC1)c1ccccc1. The molecule has 1 heterocycles. The first-order chi connectivity index (χ1) is 14.2. The largest absolute Gasteiger partial charge is 0.290 e. The van der Waals surface area contributed by atoms with Crippen LogP contribution in [0.5, 0.6) is 0 Å². The quantitative estimate of drug-likeness (QED) is 0.403. The minimum atomic E-state index is -0.934. The van der Waals surface area contributed by atoms with E-state index < -0.39 is 23.3 Å². The van der Waals surface area contributed by atoms with Crippen molar-refractivity contribution in [1.29, 1.82) is 0 Å². The molecule has 3 rings (SSSR count). The van der Waals surface area contributed by atoms with Crippen molar-refractivity contribution in [2.75, 3.05) is 13.2 Å². The second kappa shape index (κ2) is 11.6. The van der Waals surface area contributed by atoms with Crippen molar-refractivity contribution in [1.82, 2.24) is 0 Å². The maximum absolute atomic E-state index is 12.6. The first-order valence-corrected chi connectivity index (χ1v) is 11.0. The lowest BCUT2D eigenvalue weighted by Crippen LogP contribution is -2.42. The minimum absolute atomic E-state index is 0.0253. The average Bonchev–Trinajstić information content (AvgIpc) is 2.72. The zero-order valence-corrected chi connectivity index (χ0v) is 17.1. The highest BCUT2D eigenvalue weighted by Gasteiger charge is 2.38. The first kappa shape index (κ1) is 22.1. The summed E-state index contributed by atoms with van der Waals surface area (Å²) in [6, 6.07) is 8.50. The van der Waals surface area contributed by atoms with Gasteiger partial charge < -0.3 is 0 Å². The summed E-state index contributed by atoms with van der Waals surface area (Å²) in [6.45, 7) is -0.0506. The smallest absolute Gasteiger partial charge is 0.233 e. The molecule has 0 unspecified atom stereocenters. The Bertz CT molecular complexity index is 620. The number of carbonyl (C=O) groups is 2. The summed E-state index contributed by atoms with van der Waals surface area (Å²) in [7, 11) is 0. The molecule has 6 heteroatoms. The van der Waals surface area contributed by atoms with E-state index >= 15 is 0 Å². The fourth-order valence-corrected chi connectivity index (χ4v) is 3.90. The fraction of sp³-hybridized carbons (Fsp3) is 0.652. The molecule has 1 saturated carbocycles. The van der Waals surface area contributed by atoms with Crippen LogP contribution in [0.15, 0.2) is 30.3 Å². The number of ketones is 2. The molecule has 0 radical (unpaired) electrons. The van der Waals surface area contributed by atoms with Crippen molar-refractivity contribution in [2.45, 2.75) is 76.4 Å². The maximum Gasteiger partial charge on any atom is 0.233 e. The Morgan fingerprint density at radius 3 is 1.72 bits per heavy atom. The molecular weight excluding hydrogens is 372 g/mol. The highest BCUT2D eigenvalue weighted by Crippen LogP contribution is 2.31. The van der Waals surface area contributed by atoms with Gasteiger partial charge in [-0.25, -0.2) is 9.78 Å². The number of Topliss-reactive ketones (excluding diaryl/α,β-unsaturated/α-hetero) is 2. The van der Waals surface area contributed by atoms with Gasteiger partial charge in [0.1, 0.15) is 0 Å².